The number of morpholine rings is 1. The molecule has 1 saturated carbocycles. The molecule has 0 atom stereocenters. The molecule has 28 heavy (non-hydrogen) atoms. The van der Waals surface area contributed by atoms with Crippen LogP contribution in [0.2, 0.25) is 0 Å². The van der Waals surface area contributed by atoms with E-state index >= 15 is 0 Å². The van der Waals surface area contributed by atoms with Crippen molar-refractivity contribution in [2.45, 2.75) is 25.8 Å². The minimum Gasteiger partial charge on any atom is -0.402 e. The first-order valence-electron chi connectivity index (χ1n) is 9.84. The molecule has 3 N–H and O–H groups in total. The summed E-state index contributed by atoms with van der Waals surface area (Å²) in [6.45, 7) is 5.36. The molecule has 1 aromatic carbocycles. The monoisotopic (exact) mass is 381 g/mol. The lowest BCUT2D eigenvalue weighted by atomic mass is 9.81. The van der Waals surface area contributed by atoms with Crippen molar-refractivity contribution in [2.75, 3.05) is 37.8 Å². The van der Waals surface area contributed by atoms with Crippen LogP contribution < -0.4 is 10.6 Å². The number of allylic oxidation sites excluding steroid dienone is 2. The fourth-order valence-corrected chi connectivity index (χ4v) is 3.67. The Morgan fingerprint density at radius 2 is 2.11 bits per heavy atom. The first-order chi connectivity index (χ1) is 13.6. The lowest BCUT2D eigenvalue weighted by Crippen LogP contribution is -2.36. The maximum absolute atomic E-state index is 9.15. The van der Waals surface area contributed by atoms with Crippen molar-refractivity contribution in [3.8, 4) is 0 Å². The van der Waals surface area contributed by atoms with Crippen LogP contribution in [0.25, 0.3) is 16.6 Å². The molecule has 148 valence electrons. The smallest absolute Gasteiger partial charge is 0.0925 e. The van der Waals surface area contributed by atoms with Crippen LogP contribution in [0.1, 0.15) is 25.5 Å². The Labute approximate surface area is 164 Å². The molecule has 1 aromatic heterocycles. The standard InChI is InChI=1S/C21H27N5O2/c1-14(22)18(11-23-16-8-15(9-16)13-27)21-12-24-19-3-2-17(10-20(19)25-21)26-4-6-28-7-5-26/h2-3,10-12,15-16,27H,4-9,13,22H2,1H3. The number of nitrogens with two attached hydrogens (primary N) is 1. The average Bonchev–Trinajstić information content (AvgIpc) is 2.69. The molecule has 1 saturated heterocycles. The van der Waals surface area contributed by atoms with E-state index in [1.165, 1.54) is 0 Å². The molecule has 0 amide bonds. The topological polar surface area (TPSA) is 96.9 Å². The zero-order valence-corrected chi connectivity index (χ0v) is 16.2. The maximum atomic E-state index is 9.15. The summed E-state index contributed by atoms with van der Waals surface area (Å²) in [6.07, 6.45) is 5.42. The molecular weight excluding hydrogens is 354 g/mol. The highest BCUT2D eigenvalue weighted by Crippen LogP contribution is 2.30. The van der Waals surface area contributed by atoms with Gasteiger partial charge in [0.15, 0.2) is 0 Å². The van der Waals surface area contributed by atoms with Crippen LogP contribution in [0.15, 0.2) is 35.1 Å². The maximum Gasteiger partial charge on any atom is 0.0925 e. The lowest BCUT2D eigenvalue weighted by Gasteiger charge is -2.30. The van der Waals surface area contributed by atoms with Crippen molar-refractivity contribution >= 4 is 28.5 Å². The number of ether oxygens (including phenoxy) is 1. The van der Waals surface area contributed by atoms with Crippen LogP contribution in [0, 0.1) is 5.92 Å². The molecule has 1 aliphatic carbocycles. The predicted octanol–water partition coefficient (Wildman–Crippen LogP) is 2.00. The van der Waals surface area contributed by atoms with Crippen LogP contribution >= 0.6 is 0 Å². The summed E-state index contributed by atoms with van der Waals surface area (Å²) >= 11 is 0. The third-order valence-corrected chi connectivity index (χ3v) is 5.49. The van der Waals surface area contributed by atoms with Crippen molar-refractivity contribution in [1.29, 1.82) is 0 Å². The van der Waals surface area contributed by atoms with E-state index in [1.807, 2.05) is 19.2 Å². The lowest BCUT2D eigenvalue weighted by molar-refractivity contribution is 0.122. The molecule has 7 heteroatoms. The van der Waals surface area contributed by atoms with E-state index in [0.717, 1.165) is 67.1 Å². The van der Waals surface area contributed by atoms with Crippen LogP contribution in [0.5, 0.6) is 0 Å². The Morgan fingerprint density at radius 1 is 1.32 bits per heavy atom. The number of rotatable bonds is 5. The van der Waals surface area contributed by atoms with Gasteiger partial charge in [0.05, 0.1) is 42.2 Å². The van der Waals surface area contributed by atoms with Gasteiger partial charge in [-0.25, -0.2) is 4.98 Å². The molecule has 0 unspecified atom stereocenters. The van der Waals surface area contributed by atoms with E-state index < -0.39 is 0 Å². The number of nitrogens with zero attached hydrogens (tertiary/aromatic N) is 4. The molecule has 0 spiro atoms. The van der Waals surface area contributed by atoms with Gasteiger partial charge in [0.25, 0.3) is 0 Å². The number of aliphatic hydroxyl groups is 1. The SMILES string of the molecule is CC(N)=C(C=NC1CC(CO)C1)c1cnc2ccc(N3CCOCC3)cc2n1. The van der Waals surface area contributed by atoms with E-state index in [0.29, 0.717) is 11.6 Å². The summed E-state index contributed by atoms with van der Waals surface area (Å²) in [7, 11) is 0. The highest BCUT2D eigenvalue weighted by atomic mass is 16.5. The second kappa shape index (κ2) is 8.24. The third kappa shape index (κ3) is 4.00. The number of fused-ring (bicyclic) bond motifs is 1. The molecule has 2 aliphatic rings. The van der Waals surface area contributed by atoms with Gasteiger partial charge >= 0.3 is 0 Å². The Morgan fingerprint density at radius 3 is 2.82 bits per heavy atom. The molecular formula is C21H27N5O2. The third-order valence-electron chi connectivity index (χ3n) is 5.49. The normalized spacial score (nSPS) is 23.7. The summed E-state index contributed by atoms with van der Waals surface area (Å²) in [5.41, 5.74) is 11.2. The molecule has 0 bridgehead atoms. The number of hydrogen-bond donors (Lipinski definition) is 2. The Balaban J connectivity index is 1.59. The number of aliphatic hydroxyl groups excluding tert-OH is 1. The zero-order valence-electron chi connectivity index (χ0n) is 16.2. The minimum absolute atomic E-state index is 0.242. The number of hydrogen-bond acceptors (Lipinski definition) is 7. The average molecular weight is 381 g/mol. The number of aromatic nitrogens is 2. The van der Waals surface area contributed by atoms with E-state index in [4.69, 9.17) is 20.6 Å². The highest BCUT2D eigenvalue weighted by molar-refractivity contribution is 6.10. The molecule has 2 aromatic rings. The van der Waals surface area contributed by atoms with Crippen molar-refractivity contribution in [3.63, 3.8) is 0 Å². The van der Waals surface area contributed by atoms with Gasteiger partial charge in [0.1, 0.15) is 0 Å². The van der Waals surface area contributed by atoms with Crippen molar-refractivity contribution < 1.29 is 9.84 Å². The molecule has 7 nitrogen and oxygen atoms in total. The molecule has 0 radical (unpaired) electrons. The van der Waals surface area contributed by atoms with Crippen LogP contribution in [0.4, 0.5) is 5.69 Å². The van der Waals surface area contributed by atoms with Crippen LogP contribution in [0.3, 0.4) is 0 Å². The second-order valence-electron chi connectivity index (χ2n) is 7.58. The Bertz CT molecular complexity index is 895. The summed E-state index contributed by atoms with van der Waals surface area (Å²) in [5, 5.41) is 9.15. The summed E-state index contributed by atoms with van der Waals surface area (Å²) in [6, 6.07) is 6.43. The number of benzene rings is 1. The summed E-state index contributed by atoms with van der Waals surface area (Å²) < 4.78 is 5.44. The zero-order chi connectivity index (χ0) is 19.5. The number of aliphatic imine (C=N–C) groups is 1. The second-order valence-corrected chi connectivity index (χ2v) is 7.58. The van der Waals surface area contributed by atoms with Gasteiger partial charge in [-0.1, -0.05) is 0 Å². The van der Waals surface area contributed by atoms with Gasteiger partial charge in [-0.2, -0.15) is 0 Å². The highest BCUT2D eigenvalue weighted by Gasteiger charge is 2.27. The van der Waals surface area contributed by atoms with E-state index in [9.17, 15) is 0 Å². The molecule has 4 rings (SSSR count). The first-order valence-corrected chi connectivity index (χ1v) is 9.84. The summed E-state index contributed by atoms with van der Waals surface area (Å²) in [4.78, 5) is 16.3. The van der Waals surface area contributed by atoms with Gasteiger partial charge in [0, 0.05) is 42.9 Å². The molecule has 1 aliphatic heterocycles. The first kappa shape index (κ1) is 18.8. The largest absolute Gasteiger partial charge is 0.402 e. The fraction of sp³-hybridized carbons (Fsp3) is 0.476. The van der Waals surface area contributed by atoms with Crippen LogP contribution in [-0.4, -0.2) is 60.2 Å². The van der Waals surface area contributed by atoms with Gasteiger partial charge in [-0.15, -0.1) is 0 Å². The van der Waals surface area contributed by atoms with E-state index in [-0.39, 0.29) is 12.6 Å². The van der Waals surface area contributed by atoms with Gasteiger partial charge < -0.3 is 20.5 Å². The number of anilines is 1. The fourth-order valence-electron chi connectivity index (χ4n) is 3.67. The van der Waals surface area contributed by atoms with Gasteiger partial charge in [-0.05, 0) is 43.9 Å². The predicted molar refractivity (Wildman–Crippen MR) is 111 cm³/mol. The van der Waals surface area contributed by atoms with E-state index in [1.54, 1.807) is 6.20 Å². The minimum atomic E-state index is 0.242. The Kier molecular flexibility index (Phi) is 5.54. The van der Waals surface area contributed by atoms with Gasteiger partial charge in [0.2, 0.25) is 0 Å². The van der Waals surface area contributed by atoms with Gasteiger partial charge in [-0.3, -0.25) is 9.98 Å². The summed E-state index contributed by atoms with van der Waals surface area (Å²) in [5.74, 6) is 0.382. The molecule has 2 heterocycles. The van der Waals surface area contributed by atoms with Crippen molar-refractivity contribution in [3.05, 3.63) is 35.8 Å². The van der Waals surface area contributed by atoms with Crippen LogP contribution in [-0.2, 0) is 4.74 Å². The quantitative estimate of drug-likeness (QED) is 0.769. The molecule has 2 fully saturated rings. The van der Waals surface area contributed by atoms with E-state index in [2.05, 4.69) is 27.0 Å². The Hall–Kier alpha value is -2.51. The van der Waals surface area contributed by atoms with Crippen molar-refractivity contribution in [1.82, 2.24) is 9.97 Å². The van der Waals surface area contributed by atoms with Crippen molar-refractivity contribution in [2.24, 2.45) is 16.6 Å².